The number of aromatic nitrogens is 3. The molecule has 3 aromatic rings. The maximum absolute atomic E-state index is 12.8. The Morgan fingerprint density at radius 1 is 1.14 bits per heavy atom. The van der Waals surface area contributed by atoms with Gasteiger partial charge in [0.1, 0.15) is 0 Å². The molecule has 0 saturated carbocycles. The van der Waals surface area contributed by atoms with E-state index in [9.17, 15) is 13.2 Å². The fourth-order valence-electron chi connectivity index (χ4n) is 2.91. The highest BCUT2D eigenvalue weighted by Gasteiger charge is 2.22. The summed E-state index contributed by atoms with van der Waals surface area (Å²) in [5.41, 5.74) is 1.12. The van der Waals surface area contributed by atoms with E-state index in [1.165, 1.54) is 24.3 Å². The molecule has 154 valence electrons. The average Bonchev–Trinajstić information content (AvgIpc) is 3.15. The number of amides is 1. The van der Waals surface area contributed by atoms with Crippen molar-refractivity contribution >= 4 is 33.2 Å². The third-order valence-electron chi connectivity index (χ3n) is 4.63. The molecule has 0 fully saturated rings. The molecule has 3 rings (SSSR count). The molecule has 2 heterocycles. The molecule has 7 nitrogen and oxygen atoms in total. The zero-order valence-electron chi connectivity index (χ0n) is 16.6. The van der Waals surface area contributed by atoms with Crippen LogP contribution in [0.15, 0.2) is 53.6 Å². The van der Waals surface area contributed by atoms with Crippen LogP contribution in [-0.4, -0.2) is 46.2 Å². The quantitative estimate of drug-likeness (QED) is 0.588. The van der Waals surface area contributed by atoms with Crippen molar-refractivity contribution in [2.45, 2.75) is 36.5 Å². The van der Waals surface area contributed by atoms with Crippen molar-refractivity contribution in [3.05, 3.63) is 60.0 Å². The summed E-state index contributed by atoms with van der Waals surface area (Å²) >= 11 is 1.69. The van der Waals surface area contributed by atoms with Gasteiger partial charge in [-0.3, -0.25) is 9.20 Å². The molecule has 0 aliphatic rings. The molecule has 0 saturated heterocycles. The molecule has 1 unspecified atom stereocenters. The van der Waals surface area contributed by atoms with Gasteiger partial charge in [0.15, 0.2) is 21.3 Å². The first-order chi connectivity index (χ1) is 13.8. The number of hydrogen-bond donors (Lipinski definition) is 1. The molecule has 0 aliphatic heterocycles. The molecular formula is C20H24N4O3S2. The first-order valence-corrected chi connectivity index (χ1v) is 12.2. The second-order valence-electron chi connectivity index (χ2n) is 6.91. The van der Waals surface area contributed by atoms with Crippen molar-refractivity contribution in [3.63, 3.8) is 0 Å². The lowest BCUT2D eigenvalue weighted by atomic mass is 10.1. The number of carbonyl (C=O) groups is 1. The van der Waals surface area contributed by atoms with Gasteiger partial charge in [0, 0.05) is 11.8 Å². The van der Waals surface area contributed by atoms with Gasteiger partial charge in [0.2, 0.25) is 0 Å². The van der Waals surface area contributed by atoms with Crippen LogP contribution in [-0.2, 0) is 9.84 Å². The van der Waals surface area contributed by atoms with E-state index in [2.05, 4.69) is 15.5 Å². The summed E-state index contributed by atoms with van der Waals surface area (Å²) < 4.78 is 26.4. The van der Waals surface area contributed by atoms with Crippen LogP contribution in [0.5, 0.6) is 0 Å². The normalized spacial score (nSPS) is 13.0. The van der Waals surface area contributed by atoms with Crippen LogP contribution in [0.2, 0.25) is 0 Å². The Balaban J connectivity index is 1.84. The fraction of sp³-hybridized carbons (Fsp3) is 0.350. The zero-order valence-corrected chi connectivity index (χ0v) is 18.2. The van der Waals surface area contributed by atoms with Crippen molar-refractivity contribution in [1.82, 2.24) is 19.9 Å². The van der Waals surface area contributed by atoms with Gasteiger partial charge in [0.05, 0.1) is 16.2 Å². The van der Waals surface area contributed by atoms with Gasteiger partial charge in [-0.1, -0.05) is 6.07 Å². The van der Waals surface area contributed by atoms with Crippen molar-refractivity contribution < 1.29 is 13.2 Å². The van der Waals surface area contributed by atoms with Crippen molar-refractivity contribution in [2.75, 3.05) is 12.0 Å². The number of pyridine rings is 1. The van der Waals surface area contributed by atoms with E-state index in [1.54, 1.807) is 25.6 Å². The predicted molar refractivity (Wildman–Crippen MR) is 115 cm³/mol. The van der Waals surface area contributed by atoms with Gasteiger partial charge in [0.25, 0.3) is 5.91 Å². The van der Waals surface area contributed by atoms with Crippen LogP contribution in [0.4, 0.5) is 0 Å². The largest absolute Gasteiger partial charge is 0.342 e. The molecule has 1 aromatic carbocycles. The van der Waals surface area contributed by atoms with Crippen LogP contribution in [0.25, 0.3) is 5.65 Å². The van der Waals surface area contributed by atoms with Gasteiger partial charge >= 0.3 is 0 Å². The SMILES string of the molecule is CSCCC(NC(=O)c1ccc(S(=O)(=O)C(C)C)cc1)c1nnc2ccccn12. The number of carbonyl (C=O) groups excluding carboxylic acids is 1. The molecule has 0 radical (unpaired) electrons. The van der Waals surface area contributed by atoms with E-state index in [0.717, 1.165) is 5.75 Å². The number of nitrogens with zero attached hydrogens (tertiary/aromatic N) is 3. The number of rotatable bonds is 8. The van der Waals surface area contributed by atoms with Gasteiger partial charge < -0.3 is 5.32 Å². The Morgan fingerprint density at radius 2 is 1.86 bits per heavy atom. The summed E-state index contributed by atoms with van der Waals surface area (Å²) in [6.07, 6.45) is 4.57. The molecule has 0 bridgehead atoms. The van der Waals surface area contributed by atoms with E-state index < -0.39 is 15.1 Å². The Bertz CT molecular complexity index is 1090. The van der Waals surface area contributed by atoms with E-state index in [0.29, 0.717) is 23.5 Å². The summed E-state index contributed by atoms with van der Waals surface area (Å²) in [6.45, 7) is 3.27. The van der Waals surface area contributed by atoms with E-state index in [4.69, 9.17) is 0 Å². The first-order valence-electron chi connectivity index (χ1n) is 9.28. The van der Waals surface area contributed by atoms with E-state index >= 15 is 0 Å². The predicted octanol–water partition coefficient (Wildman–Crippen LogP) is 3.14. The van der Waals surface area contributed by atoms with Crippen LogP contribution in [0, 0.1) is 0 Å². The fourth-order valence-corrected chi connectivity index (χ4v) is 4.44. The summed E-state index contributed by atoms with van der Waals surface area (Å²) in [7, 11) is -3.37. The lowest BCUT2D eigenvalue weighted by Gasteiger charge is -2.17. The average molecular weight is 433 g/mol. The molecule has 1 atom stereocenters. The highest BCUT2D eigenvalue weighted by Crippen LogP contribution is 2.20. The Labute approximate surface area is 174 Å². The van der Waals surface area contributed by atoms with E-state index in [1.807, 2.05) is 35.1 Å². The molecular weight excluding hydrogens is 408 g/mol. The second kappa shape index (κ2) is 8.96. The molecule has 2 aromatic heterocycles. The molecule has 0 aliphatic carbocycles. The Hall–Kier alpha value is -2.39. The number of nitrogens with one attached hydrogen (secondary N) is 1. The molecule has 9 heteroatoms. The summed E-state index contributed by atoms with van der Waals surface area (Å²) in [6, 6.07) is 11.4. The number of thioether (sulfide) groups is 1. The Kier molecular flexibility index (Phi) is 6.59. The summed E-state index contributed by atoms with van der Waals surface area (Å²) in [4.78, 5) is 13.0. The number of fused-ring (bicyclic) bond motifs is 1. The minimum atomic E-state index is -3.37. The van der Waals surface area contributed by atoms with Crippen LogP contribution in [0.1, 0.15) is 42.5 Å². The smallest absolute Gasteiger partial charge is 0.251 e. The minimum absolute atomic E-state index is 0.214. The standard InChI is InChI=1S/C20H24N4O3S2/c1-14(2)29(26,27)16-9-7-15(8-10-16)20(25)21-17(11-13-28-3)19-23-22-18-6-4-5-12-24(18)19/h4-10,12,14,17H,11,13H2,1-3H3,(H,21,25). The summed E-state index contributed by atoms with van der Waals surface area (Å²) in [5, 5.41) is 10.9. The third-order valence-corrected chi connectivity index (χ3v) is 7.45. The maximum atomic E-state index is 12.8. The van der Waals surface area contributed by atoms with Gasteiger partial charge in [-0.15, -0.1) is 10.2 Å². The Morgan fingerprint density at radius 3 is 2.52 bits per heavy atom. The number of benzene rings is 1. The zero-order chi connectivity index (χ0) is 21.0. The topological polar surface area (TPSA) is 93.4 Å². The van der Waals surface area contributed by atoms with Gasteiger partial charge in [-0.05, 0) is 68.7 Å². The van der Waals surface area contributed by atoms with Crippen LogP contribution < -0.4 is 5.32 Å². The van der Waals surface area contributed by atoms with Crippen molar-refractivity contribution in [3.8, 4) is 0 Å². The molecule has 1 amide bonds. The van der Waals surface area contributed by atoms with Gasteiger partial charge in [-0.2, -0.15) is 11.8 Å². The number of hydrogen-bond acceptors (Lipinski definition) is 6. The third kappa shape index (κ3) is 4.62. The van der Waals surface area contributed by atoms with Crippen molar-refractivity contribution in [2.24, 2.45) is 0 Å². The molecule has 1 N–H and O–H groups in total. The maximum Gasteiger partial charge on any atom is 0.251 e. The molecule has 0 spiro atoms. The first kappa shape index (κ1) is 21.3. The monoisotopic (exact) mass is 432 g/mol. The van der Waals surface area contributed by atoms with Crippen molar-refractivity contribution in [1.29, 1.82) is 0 Å². The van der Waals surface area contributed by atoms with Crippen LogP contribution in [0.3, 0.4) is 0 Å². The van der Waals surface area contributed by atoms with Gasteiger partial charge in [-0.25, -0.2) is 8.42 Å². The molecule has 29 heavy (non-hydrogen) atoms. The lowest BCUT2D eigenvalue weighted by molar-refractivity contribution is 0.0933. The minimum Gasteiger partial charge on any atom is -0.342 e. The highest BCUT2D eigenvalue weighted by atomic mass is 32.2. The van der Waals surface area contributed by atoms with E-state index in [-0.39, 0.29) is 16.8 Å². The number of sulfone groups is 1. The summed E-state index contributed by atoms with van der Waals surface area (Å²) in [5.74, 6) is 1.23. The van der Waals surface area contributed by atoms with Crippen LogP contribution >= 0.6 is 11.8 Å². The second-order valence-corrected chi connectivity index (χ2v) is 10.4. The highest BCUT2D eigenvalue weighted by molar-refractivity contribution is 7.98. The lowest BCUT2D eigenvalue weighted by Crippen LogP contribution is -2.30.